The number of thioether (sulfide) groups is 1. The zero-order valence-corrected chi connectivity index (χ0v) is 16.1. The van der Waals surface area contributed by atoms with Crippen LogP contribution in [0.15, 0.2) is 41.6 Å². The summed E-state index contributed by atoms with van der Waals surface area (Å²) in [5.41, 5.74) is 6.66. The Balaban J connectivity index is 1.53. The fourth-order valence-corrected chi connectivity index (χ4v) is 3.66. The molecule has 0 radical (unpaired) electrons. The Morgan fingerprint density at radius 2 is 1.93 bits per heavy atom. The van der Waals surface area contributed by atoms with Crippen molar-refractivity contribution in [1.82, 2.24) is 20.2 Å². The van der Waals surface area contributed by atoms with Gasteiger partial charge in [0.1, 0.15) is 5.52 Å². The number of rotatable bonds is 4. The molecule has 2 heterocycles. The fourth-order valence-electron chi connectivity index (χ4n) is 3.07. The summed E-state index contributed by atoms with van der Waals surface area (Å²) >= 11 is 1.27. The molecule has 0 unspecified atom stereocenters. The summed E-state index contributed by atoms with van der Waals surface area (Å²) < 4.78 is 0. The van der Waals surface area contributed by atoms with Gasteiger partial charge >= 0.3 is 0 Å². The van der Waals surface area contributed by atoms with Crippen molar-refractivity contribution in [3.63, 3.8) is 0 Å². The van der Waals surface area contributed by atoms with E-state index in [1.165, 1.54) is 11.8 Å². The van der Waals surface area contributed by atoms with Gasteiger partial charge in [0.15, 0.2) is 5.65 Å². The standard InChI is InChI=1S/C20H19N5OS/c1-11-5-4-6-14(9-11)21-15(26)10-27-20-23-19-18(24-25-20)16-12(2)7-8-13(3)17(16)22-19/h4-9H,10H2,1-3H3,(H,21,26)(H,22,23,25). The lowest BCUT2D eigenvalue weighted by Crippen LogP contribution is -2.14. The van der Waals surface area contributed by atoms with Gasteiger partial charge in [-0.2, -0.15) is 0 Å². The van der Waals surface area contributed by atoms with Crippen molar-refractivity contribution in [3.05, 3.63) is 53.1 Å². The van der Waals surface area contributed by atoms with Crippen molar-refractivity contribution in [1.29, 1.82) is 0 Å². The molecule has 4 rings (SSSR count). The molecule has 0 aliphatic carbocycles. The van der Waals surface area contributed by atoms with E-state index in [0.717, 1.165) is 38.8 Å². The number of fused-ring (bicyclic) bond motifs is 3. The minimum absolute atomic E-state index is 0.0994. The molecule has 0 aliphatic rings. The second-order valence-corrected chi connectivity index (χ2v) is 7.51. The second-order valence-electron chi connectivity index (χ2n) is 6.57. The number of hydrogen-bond acceptors (Lipinski definition) is 5. The number of benzene rings is 2. The first-order valence-electron chi connectivity index (χ1n) is 8.63. The Morgan fingerprint density at radius 1 is 1.11 bits per heavy atom. The smallest absolute Gasteiger partial charge is 0.234 e. The van der Waals surface area contributed by atoms with E-state index in [2.05, 4.69) is 51.5 Å². The molecule has 0 saturated carbocycles. The van der Waals surface area contributed by atoms with Crippen molar-refractivity contribution in [2.45, 2.75) is 25.9 Å². The summed E-state index contributed by atoms with van der Waals surface area (Å²) in [7, 11) is 0. The van der Waals surface area contributed by atoms with Crippen LogP contribution in [-0.2, 0) is 4.79 Å². The quantitative estimate of drug-likeness (QED) is 0.522. The molecule has 0 bridgehead atoms. The van der Waals surface area contributed by atoms with Crippen LogP contribution >= 0.6 is 11.8 Å². The average Bonchev–Trinajstić information content (AvgIpc) is 3.03. The van der Waals surface area contributed by atoms with Crippen LogP contribution in [-0.4, -0.2) is 31.8 Å². The Hall–Kier alpha value is -2.93. The maximum atomic E-state index is 12.2. The second kappa shape index (κ2) is 7.00. The van der Waals surface area contributed by atoms with Gasteiger partial charge in [0, 0.05) is 11.1 Å². The third kappa shape index (κ3) is 3.50. The highest BCUT2D eigenvalue weighted by atomic mass is 32.2. The highest BCUT2D eigenvalue weighted by molar-refractivity contribution is 7.99. The lowest BCUT2D eigenvalue weighted by molar-refractivity contribution is -0.113. The SMILES string of the molecule is Cc1cccc(NC(=O)CSc2nnc3c(n2)[nH]c2c(C)ccc(C)c23)c1. The molecule has 6 nitrogen and oxygen atoms in total. The summed E-state index contributed by atoms with van der Waals surface area (Å²) in [6, 6.07) is 11.9. The first kappa shape index (κ1) is 17.5. The van der Waals surface area contributed by atoms with E-state index in [9.17, 15) is 4.79 Å². The number of nitrogens with one attached hydrogen (secondary N) is 2. The molecule has 2 aromatic heterocycles. The zero-order valence-electron chi connectivity index (χ0n) is 15.3. The summed E-state index contributed by atoms with van der Waals surface area (Å²) in [6.07, 6.45) is 0. The van der Waals surface area contributed by atoms with Gasteiger partial charge < -0.3 is 10.3 Å². The van der Waals surface area contributed by atoms with Crippen LogP contribution in [0, 0.1) is 20.8 Å². The molecule has 0 aliphatic heterocycles. The number of aryl methyl sites for hydroxylation is 3. The molecular formula is C20H19N5OS. The van der Waals surface area contributed by atoms with Crippen molar-refractivity contribution in [3.8, 4) is 0 Å². The number of hydrogen-bond donors (Lipinski definition) is 2. The Bertz CT molecular complexity index is 1170. The highest BCUT2D eigenvalue weighted by Gasteiger charge is 2.13. The minimum atomic E-state index is -0.0994. The molecule has 0 atom stereocenters. The van der Waals surface area contributed by atoms with E-state index in [1.807, 2.05) is 31.2 Å². The number of carbonyl (C=O) groups excluding carboxylic acids is 1. The van der Waals surface area contributed by atoms with Gasteiger partial charge in [-0.15, -0.1) is 10.2 Å². The van der Waals surface area contributed by atoms with Crippen LogP contribution in [0.5, 0.6) is 0 Å². The maximum absolute atomic E-state index is 12.2. The topological polar surface area (TPSA) is 83.6 Å². The van der Waals surface area contributed by atoms with E-state index in [4.69, 9.17) is 0 Å². The maximum Gasteiger partial charge on any atom is 0.234 e. The van der Waals surface area contributed by atoms with E-state index >= 15 is 0 Å². The van der Waals surface area contributed by atoms with Gasteiger partial charge in [0.2, 0.25) is 11.1 Å². The summed E-state index contributed by atoms with van der Waals surface area (Å²) in [5.74, 6) is 0.122. The van der Waals surface area contributed by atoms with Gasteiger partial charge in [0.05, 0.1) is 11.3 Å². The van der Waals surface area contributed by atoms with Crippen LogP contribution in [0.2, 0.25) is 0 Å². The molecule has 136 valence electrons. The molecule has 0 saturated heterocycles. The molecule has 4 aromatic rings. The van der Waals surface area contributed by atoms with Crippen molar-refractivity contribution in [2.75, 3.05) is 11.1 Å². The largest absolute Gasteiger partial charge is 0.337 e. The lowest BCUT2D eigenvalue weighted by atomic mass is 10.1. The van der Waals surface area contributed by atoms with Crippen LogP contribution in [0.25, 0.3) is 22.1 Å². The number of anilines is 1. The lowest BCUT2D eigenvalue weighted by Gasteiger charge is -2.05. The van der Waals surface area contributed by atoms with Gasteiger partial charge in [-0.3, -0.25) is 4.79 Å². The van der Waals surface area contributed by atoms with E-state index in [1.54, 1.807) is 0 Å². The predicted molar refractivity (Wildman–Crippen MR) is 109 cm³/mol. The average molecular weight is 377 g/mol. The van der Waals surface area contributed by atoms with Crippen LogP contribution < -0.4 is 5.32 Å². The monoisotopic (exact) mass is 377 g/mol. The molecule has 7 heteroatoms. The highest BCUT2D eigenvalue weighted by Crippen LogP contribution is 2.28. The number of H-pyrrole nitrogens is 1. The van der Waals surface area contributed by atoms with Gasteiger partial charge in [-0.25, -0.2) is 4.98 Å². The van der Waals surface area contributed by atoms with Gasteiger partial charge in [-0.05, 0) is 49.6 Å². The third-order valence-electron chi connectivity index (χ3n) is 4.40. The normalized spacial score (nSPS) is 11.2. The number of aromatic nitrogens is 4. The van der Waals surface area contributed by atoms with Gasteiger partial charge in [0.25, 0.3) is 0 Å². The minimum Gasteiger partial charge on any atom is -0.337 e. The van der Waals surface area contributed by atoms with Crippen molar-refractivity contribution >= 4 is 45.4 Å². The first-order chi connectivity index (χ1) is 13.0. The summed E-state index contributed by atoms with van der Waals surface area (Å²) in [6.45, 7) is 6.09. The number of carbonyl (C=O) groups is 1. The number of nitrogens with zero attached hydrogens (tertiary/aromatic N) is 3. The predicted octanol–water partition coefficient (Wildman–Crippen LogP) is 4.16. The first-order valence-corrected chi connectivity index (χ1v) is 9.61. The van der Waals surface area contributed by atoms with Crippen LogP contribution in [0.3, 0.4) is 0 Å². The van der Waals surface area contributed by atoms with E-state index < -0.39 is 0 Å². The van der Waals surface area contributed by atoms with E-state index in [0.29, 0.717) is 10.8 Å². The molecule has 2 aromatic carbocycles. The Morgan fingerprint density at radius 3 is 2.74 bits per heavy atom. The molecular weight excluding hydrogens is 358 g/mol. The molecule has 1 amide bonds. The fraction of sp³-hybridized carbons (Fsp3) is 0.200. The zero-order chi connectivity index (χ0) is 19.0. The molecule has 2 N–H and O–H groups in total. The number of aromatic amines is 1. The Labute approximate surface area is 160 Å². The molecule has 27 heavy (non-hydrogen) atoms. The number of amides is 1. The third-order valence-corrected chi connectivity index (χ3v) is 5.24. The summed E-state index contributed by atoms with van der Waals surface area (Å²) in [5, 5.41) is 13.0. The summed E-state index contributed by atoms with van der Waals surface area (Å²) in [4.78, 5) is 20.1. The van der Waals surface area contributed by atoms with Crippen molar-refractivity contribution in [2.24, 2.45) is 0 Å². The van der Waals surface area contributed by atoms with E-state index in [-0.39, 0.29) is 11.7 Å². The molecule has 0 fully saturated rings. The van der Waals surface area contributed by atoms with Crippen LogP contribution in [0.4, 0.5) is 5.69 Å². The molecule has 0 spiro atoms. The van der Waals surface area contributed by atoms with Crippen LogP contribution in [0.1, 0.15) is 16.7 Å². The van der Waals surface area contributed by atoms with Crippen molar-refractivity contribution < 1.29 is 4.79 Å². The Kier molecular flexibility index (Phi) is 4.53. The van der Waals surface area contributed by atoms with Gasteiger partial charge in [-0.1, -0.05) is 36.0 Å².